The van der Waals surface area contributed by atoms with Crippen molar-refractivity contribution in [3.8, 4) is 0 Å². The molecule has 0 saturated carbocycles. The van der Waals surface area contributed by atoms with E-state index in [1.165, 1.54) is 22.2 Å². The van der Waals surface area contributed by atoms with Crippen LogP contribution in [0.4, 0.5) is 0 Å². The van der Waals surface area contributed by atoms with E-state index in [2.05, 4.69) is 10.3 Å². The highest BCUT2D eigenvalue weighted by Crippen LogP contribution is 2.26. The molecule has 1 amide bonds. The molecule has 2 aromatic rings. The molecule has 0 unspecified atom stereocenters. The second-order valence-corrected chi connectivity index (χ2v) is 5.52. The van der Waals surface area contributed by atoms with Gasteiger partial charge in [-0.2, -0.15) is 0 Å². The van der Waals surface area contributed by atoms with E-state index in [4.69, 9.17) is 0 Å². The molecule has 2 aromatic heterocycles. The SMILES string of the molecule is Cc1c(C(=O)NC(C)C)sc2ncn(C)c(=O)c12. The molecule has 18 heavy (non-hydrogen) atoms. The van der Waals surface area contributed by atoms with Crippen molar-refractivity contribution in [2.45, 2.75) is 26.8 Å². The fraction of sp³-hybridized carbons (Fsp3) is 0.417. The van der Waals surface area contributed by atoms with Crippen molar-refractivity contribution in [2.75, 3.05) is 0 Å². The van der Waals surface area contributed by atoms with Gasteiger partial charge in [0.2, 0.25) is 0 Å². The summed E-state index contributed by atoms with van der Waals surface area (Å²) in [4.78, 5) is 29.4. The Hall–Kier alpha value is -1.69. The van der Waals surface area contributed by atoms with E-state index >= 15 is 0 Å². The number of amides is 1. The molecule has 1 N–H and O–H groups in total. The van der Waals surface area contributed by atoms with Crippen LogP contribution in [0.3, 0.4) is 0 Å². The van der Waals surface area contributed by atoms with Crippen LogP contribution in [0.2, 0.25) is 0 Å². The average molecular weight is 265 g/mol. The number of nitrogens with one attached hydrogen (secondary N) is 1. The standard InChI is InChI=1S/C12H15N3O2S/c1-6(2)14-10(16)9-7(3)8-11(18-9)13-5-15(4)12(8)17/h5-6H,1-4H3,(H,14,16). The lowest BCUT2D eigenvalue weighted by Crippen LogP contribution is -2.29. The first-order valence-electron chi connectivity index (χ1n) is 5.67. The van der Waals surface area contributed by atoms with Gasteiger partial charge in [-0.25, -0.2) is 4.98 Å². The molecule has 2 heterocycles. The van der Waals surface area contributed by atoms with E-state index in [9.17, 15) is 9.59 Å². The number of thiophene rings is 1. The molecule has 0 saturated heterocycles. The molecule has 0 bridgehead atoms. The zero-order valence-electron chi connectivity index (χ0n) is 10.8. The summed E-state index contributed by atoms with van der Waals surface area (Å²) in [6.45, 7) is 5.59. The van der Waals surface area contributed by atoms with Crippen LogP contribution in [-0.4, -0.2) is 21.5 Å². The highest BCUT2D eigenvalue weighted by Gasteiger charge is 2.19. The Kier molecular flexibility index (Phi) is 3.21. The maximum absolute atomic E-state index is 12.0. The van der Waals surface area contributed by atoms with E-state index in [-0.39, 0.29) is 17.5 Å². The van der Waals surface area contributed by atoms with Crippen molar-refractivity contribution in [2.24, 2.45) is 7.05 Å². The van der Waals surface area contributed by atoms with Crippen LogP contribution in [0.5, 0.6) is 0 Å². The fourth-order valence-electron chi connectivity index (χ4n) is 1.75. The third-order valence-electron chi connectivity index (χ3n) is 2.64. The van der Waals surface area contributed by atoms with E-state index in [0.717, 1.165) is 0 Å². The second-order valence-electron chi connectivity index (χ2n) is 4.53. The third-order valence-corrected chi connectivity index (χ3v) is 3.84. The predicted octanol–water partition coefficient (Wildman–Crippen LogP) is 1.44. The van der Waals surface area contributed by atoms with Crippen molar-refractivity contribution in [3.05, 3.63) is 27.1 Å². The van der Waals surface area contributed by atoms with Crippen LogP contribution in [0.1, 0.15) is 29.1 Å². The molecular weight excluding hydrogens is 250 g/mol. The molecule has 0 aliphatic carbocycles. The summed E-state index contributed by atoms with van der Waals surface area (Å²) in [6.07, 6.45) is 1.48. The quantitative estimate of drug-likeness (QED) is 0.893. The van der Waals surface area contributed by atoms with Gasteiger partial charge in [0.1, 0.15) is 4.83 Å². The number of hydrogen-bond acceptors (Lipinski definition) is 4. The first kappa shape index (κ1) is 12.8. The molecule has 2 rings (SSSR count). The van der Waals surface area contributed by atoms with Gasteiger partial charge in [-0.15, -0.1) is 11.3 Å². The van der Waals surface area contributed by atoms with Gasteiger partial charge in [-0.1, -0.05) is 0 Å². The third kappa shape index (κ3) is 2.03. The predicted molar refractivity (Wildman–Crippen MR) is 72.2 cm³/mol. The fourth-order valence-corrected chi connectivity index (χ4v) is 2.80. The topological polar surface area (TPSA) is 64.0 Å². The molecule has 0 aliphatic heterocycles. The molecule has 6 heteroatoms. The van der Waals surface area contributed by atoms with Crippen molar-refractivity contribution in [1.82, 2.24) is 14.9 Å². The van der Waals surface area contributed by atoms with Crippen LogP contribution in [0.15, 0.2) is 11.1 Å². The van der Waals surface area contributed by atoms with E-state index in [1.807, 2.05) is 13.8 Å². The van der Waals surface area contributed by atoms with Gasteiger partial charge >= 0.3 is 0 Å². The van der Waals surface area contributed by atoms with E-state index in [0.29, 0.717) is 20.7 Å². The molecule has 5 nitrogen and oxygen atoms in total. The molecule has 0 atom stereocenters. The average Bonchev–Trinajstić information content (AvgIpc) is 2.61. The van der Waals surface area contributed by atoms with Gasteiger partial charge in [0, 0.05) is 13.1 Å². The monoisotopic (exact) mass is 265 g/mol. The lowest BCUT2D eigenvalue weighted by molar-refractivity contribution is 0.0947. The molecule has 0 spiro atoms. The lowest BCUT2D eigenvalue weighted by Gasteiger charge is -2.06. The van der Waals surface area contributed by atoms with Crippen molar-refractivity contribution in [3.63, 3.8) is 0 Å². The molecule has 0 aliphatic rings. The Morgan fingerprint density at radius 2 is 2.17 bits per heavy atom. The summed E-state index contributed by atoms with van der Waals surface area (Å²) in [5, 5.41) is 3.37. The highest BCUT2D eigenvalue weighted by molar-refractivity contribution is 7.20. The molecular formula is C12H15N3O2S. The number of hydrogen-bond donors (Lipinski definition) is 1. The van der Waals surface area contributed by atoms with Crippen molar-refractivity contribution < 1.29 is 4.79 Å². The van der Waals surface area contributed by atoms with Gasteiger partial charge in [0.25, 0.3) is 11.5 Å². The zero-order valence-corrected chi connectivity index (χ0v) is 11.6. The number of carbonyl (C=O) groups excluding carboxylic acids is 1. The van der Waals surface area contributed by atoms with Gasteiger partial charge in [-0.05, 0) is 26.3 Å². The summed E-state index contributed by atoms with van der Waals surface area (Å²) < 4.78 is 1.42. The Morgan fingerprint density at radius 1 is 1.50 bits per heavy atom. The van der Waals surface area contributed by atoms with Crippen molar-refractivity contribution in [1.29, 1.82) is 0 Å². The molecule has 0 fully saturated rings. The Labute approximate surface area is 108 Å². The summed E-state index contributed by atoms with van der Waals surface area (Å²) in [5.41, 5.74) is 0.596. The van der Waals surface area contributed by atoms with Crippen LogP contribution < -0.4 is 10.9 Å². The van der Waals surface area contributed by atoms with Gasteiger partial charge < -0.3 is 9.88 Å². The Balaban J connectivity index is 2.62. The molecule has 0 radical (unpaired) electrons. The van der Waals surface area contributed by atoms with Gasteiger partial charge in [0.15, 0.2) is 0 Å². The minimum absolute atomic E-state index is 0.0675. The minimum Gasteiger partial charge on any atom is -0.349 e. The summed E-state index contributed by atoms with van der Waals surface area (Å²) in [7, 11) is 1.65. The maximum Gasteiger partial charge on any atom is 0.262 e. The summed E-state index contributed by atoms with van der Waals surface area (Å²) in [5.74, 6) is -0.146. The normalized spacial score (nSPS) is 11.2. The number of rotatable bonds is 2. The van der Waals surface area contributed by atoms with E-state index < -0.39 is 0 Å². The Bertz CT molecular complexity index is 670. The molecule has 96 valence electrons. The number of nitrogens with zero attached hydrogens (tertiary/aromatic N) is 2. The maximum atomic E-state index is 12.0. The van der Waals surface area contributed by atoms with Crippen LogP contribution in [-0.2, 0) is 7.05 Å². The van der Waals surface area contributed by atoms with Gasteiger partial charge in [0.05, 0.1) is 16.6 Å². The Morgan fingerprint density at radius 3 is 2.78 bits per heavy atom. The zero-order chi connectivity index (χ0) is 13.4. The smallest absolute Gasteiger partial charge is 0.262 e. The van der Waals surface area contributed by atoms with Crippen LogP contribution in [0, 0.1) is 6.92 Å². The summed E-state index contributed by atoms with van der Waals surface area (Å²) >= 11 is 1.26. The van der Waals surface area contributed by atoms with E-state index in [1.54, 1.807) is 14.0 Å². The second kappa shape index (κ2) is 4.53. The van der Waals surface area contributed by atoms with Gasteiger partial charge in [-0.3, -0.25) is 9.59 Å². The number of aromatic nitrogens is 2. The highest BCUT2D eigenvalue weighted by atomic mass is 32.1. The first-order chi connectivity index (χ1) is 8.41. The lowest BCUT2D eigenvalue weighted by atomic mass is 10.2. The first-order valence-corrected chi connectivity index (χ1v) is 6.49. The van der Waals surface area contributed by atoms with Crippen LogP contribution in [0.25, 0.3) is 10.2 Å². The number of aryl methyl sites for hydroxylation is 2. The minimum atomic E-state index is -0.146. The van der Waals surface area contributed by atoms with Crippen molar-refractivity contribution >= 4 is 27.5 Å². The number of fused-ring (bicyclic) bond motifs is 1. The molecule has 0 aromatic carbocycles. The van der Waals surface area contributed by atoms with Crippen LogP contribution >= 0.6 is 11.3 Å². The largest absolute Gasteiger partial charge is 0.349 e. The number of carbonyl (C=O) groups is 1. The summed E-state index contributed by atoms with van der Waals surface area (Å²) in [6, 6.07) is 0.0675.